The molecule has 4 nitrogen and oxygen atoms in total. The molecule has 0 N–H and O–H groups in total. The predicted molar refractivity (Wildman–Crippen MR) is 73.1 cm³/mol. The van der Waals surface area contributed by atoms with Gasteiger partial charge in [0.05, 0.1) is 0 Å². The van der Waals surface area contributed by atoms with Gasteiger partial charge in [-0.2, -0.15) is 0 Å². The van der Waals surface area contributed by atoms with Gasteiger partial charge in [-0.25, -0.2) is 0 Å². The molecule has 2 rings (SSSR count). The van der Waals surface area contributed by atoms with Crippen molar-refractivity contribution in [3.8, 4) is 11.5 Å². The maximum absolute atomic E-state index is 5.63. The molecule has 0 aliphatic carbocycles. The maximum Gasteiger partial charge on any atom is 0.247 e. The zero-order valence-corrected chi connectivity index (χ0v) is 11.3. The molecule has 0 saturated heterocycles. The average molecular weight is 266 g/mol. The Hall–Kier alpha value is -1.55. The fraction of sp³-hybridized carbons (Fsp3) is 0.385. The van der Waals surface area contributed by atoms with E-state index in [9.17, 15) is 0 Å². The highest BCUT2D eigenvalue weighted by Gasteiger charge is 2.08. The molecule has 5 heteroatoms. The number of alkyl halides is 1. The minimum atomic E-state index is 0.560. The van der Waals surface area contributed by atoms with Gasteiger partial charge in [0.15, 0.2) is 0 Å². The molecule has 0 aliphatic heterocycles. The standard InChI is InChI=1S/C13H16ClN3O/c1-17(2)11-7-5-10(6-8-11)13-16-15-12(18-13)4-3-9-14/h5-8H,3-4,9H2,1-2H3. The summed E-state index contributed by atoms with van der Waals surface area (Å²) < 4.78 is 5.58. The first-order chi connectivity index (χ1) is 8.70. The van der Waals surface area contributed by atoms with Crippen LogP contribution in [0.3, 0.4) is 0 Å². The van der Waals surface area contributed by atoms with Gasteiger partial charge in [-0.1, -0.05) is 0 Å². The molecular formula is C13H16ClN3O. The fourth-order valence-corrected chi connectivity index (χ4v) is 1.73. The summed E-state index contributed by atoms with van der Waals surface area (Å²) in [5, 5.41) is 8.04. The van der Waals surface area contributed by atoms with Crippen LogP contribution >= 0.6 is 11.6 Å². The van der Waals surface area contributed by atoms with Crippen molar-refractivity contribution in [3.63, 3.8) is 0 Å². The van der Waals surface area contributed by atoms with Crippen molar-refractivity contribution in [1.29, 1.82) is 0 Å². The van der Waals surface area contributed by atoms with Crippen LogP contribution in [0.4, 0.5) is 5.69 Å². The lowest BCUT2D eigenvalue weighted by Crippen LogP contribution is -2.07. The molecule has 1 aromatic heterocycles. The van der Waals surface area contributed by atoms with Crippen LogP contribution < -0.4 is 4.90 Å². The Morgan fingerprint density at radius 1 is 1.17 bits per heavy atom. The fourth-order valence-electron chi connectivity index (χ4n) is 1.59. The molecule has 0 aliphatic rings. The molecule has 96 valence electrons. The van der Waals surface area contributed by atoms with Crippen LogP contribution in [-0.4, -0.2) is 30.2 Å². The van der Waals surface area contributed by atoms with Crippen LogP contribution in [0.15, 0.2) is 28.7 Å². The van der Waals surface area contributed by atoms with E-state index >= 15 is 0 Å². The van der Waals surface area contributed by atoms with Gasteiger partial charge in [0.1, 0.15) is 0 Å². The number of nitrogens with zero attached hydrogens (tertiary/aromatic N) is 3. The number of rotatable bonds is 5. The molecule has 0 amide bonds. The smallest absolute Gasteiger partial charge is 0.247 e. The Balaban J connectivity index is 2.13. The van der Waals surface area contributed by atoms with Gasteiger partial charge in [0.2, 0.25) is 11.8 Å². The van der Waals surface area contributed by atoms with E-state index in [1.807, 2.05) is 43.3 Å². The van der Waals surface area contributed by atoms with Crippen molar-refractivity contribution in [3.05, 3.63) is 30.2 Å². The number of halogens is 1. The summed E-state index contributed by atoms with van der Waals surface area (Å²) in [6.07, 6.45) is 1.58. The van der Waals surface area contributed by atoms with Crippen molar-refractivity contribution < 1.29 is 4.42 Å². The Morgan fingerprint density at radius 3 is 2.50 bits per heavy atom. The van der Waals surface area contributed by atoms with Crippen LogP contribution in [0.5, 0.6) is 0 Å². The van der Waals surface area contributed by atoms with Crippen molar-refractivity contribution in [2.45, 2.75) is 12.8 Å². The quantitative estimate of drug-likeness (QED) is 0.780. The largest absolute Gasteiger partial charge is 0.421 e. The first kappa shape index (κ1) is 12.9. The Morgan fingerprint density at radius 2 is 1.89 bits per heavy atom. The summed E-state index contributed by atoms with van der Waals surface area (Å²) in [5.41, 5.74) is 2.07. The third-order valence-electron chi connectivity index (χ3n) is 2.62. The molecule has 0 bridgehead atoms. The highest BCUT2D eigenvalue weighted by Crippen LogP contribution is 2.21. The van der Waals surface area contributed by atoms with Gasteiger partial charge in [-0.15, -0.1) is 21.8 Å². The van der Waals surface area contributed by atoms with Gasteiger partial charge >= 0.3 is 0 Å². The third kappa shape index (κ3) is 3.01. The SMILES string of the molecule is CN(C)c1ccc(-c2nnc(CCCCl)o2)cc1. The van der Waals surface area contributed by atoms with E-state index in [1.54, 1.807) is 0 Å². The normalized spacial score (nSPS) is 10.6. The molecule has 0 saturated carbocycles. The highest BCUT2D eigenvalue weighted by atomic mass is 35.5. The van der Waals surface area contributed by atoms with Gasteiger partial charge in [0.25, 0.3) is 0 Å². The van der Waals surface area contributed by atoms with Crippen LogP contribution in [0.2, 0.25) is 0 Å². The Bertz CT molecular complexity index is 493. The molecule has 1 aromatic carbocycles. The van der Waals surface area contributed by atoms with Gasteiger partial charge in [-0.3, -0.25) is 0 Å². The summed E-state index contributed by atoms with van der Waals surface area (Å²) in [4.78, 5) is 2.05. The summed E-state index contributed by atoms with van der Waals surface area (Å²) in [6.45, 7) is 0. The number of aryl methyl sites for hydroxylation is 1. The monoisotopic (exact) mass is 265 g/mol. The zero-order chi connectivity index (χ0) is 13.0. The number of anilines is 1. The lowest BCUT2D eigenvalue weighted by atomic mass is 10.2. The molecule has 0 unspecified atom stereocenters. The average Bonchev–Trinajstić information content (AvgIpc) is 2.85. The Labute approximate surface area is 112 Å². The van der Waals surface area contributed by atoms with E-state index in [-0.39, 0.29) is 0 Å². The number of aromatic nitrogens is 2. The van der Waals surface area contributed by atoms with Gasteiger partial charge < -0.3 is 9.32 Å². The van der Waals surface area contributed by atoms with Crippen molar-refractivity contribution in [2.75, 3.05) is 24.9 Å². The molecule has 0 spiro atoms. The third-order valence-corrected chi connectivity index (χ3v) is 2.89. The second kappa shape index (κ2) is 5.87. The van der Waals surface area contributed by atoms with Crippen LogP contribution in [0.1, 0.15) is 12.3 Å². The first-order valence-electron chi connectivity index (χ1n) is 5.87. The summed E-state index contributed by atoms with van der Waals surface area (Å²) in [7, 11) is 4.01. The minimum Gasteiger partial charge on any atom is -0.421 e. The van der Waals surface area contributed by atoms with Gasteiger partial charge in [-0.05, 0) is 30.7 Å². The summed E-state index contributed by atoms with van der Waals surface area (Å²) in [5.74, 6) is 1.81. The number of hydrogen-bond acceptors (Lipinski definition) is 4. The van der Waals surface area contributed by atoms with E-state index in [4.69, 9.17) is 16.0 Å². The molecule has 1 heterocycles. The number of hydrogen-bond donors (Lipinski definition) is 0. The van der Waals surface area contributed by atoms with E-state index in [1.165, 1.54) is 0 Å². The second-order valence-electron chi connectivity index (χ2n) is 4.23. The van der Waals surface area contributed by atoms with Gasteiger partial charge in [0, 0.05) is 37.6 Å². The zero-order valence-electron chi connectivity index (χ0n) is 10.6. The highest BCUT2D eigenvalue weighted by molar-refractivity contribution is 6.17. The van der Waals surface area contributed by atoms with Crippen LogP contribution in [0, 0.1) is 0 Å². The molecule has 0 fully saturated rings. The summed E-state index contributed by atoms with van der Waals surface area (Å²) >= 11 is 5.63. The van der Waals surface area contributed by atoms with Crippen molar-refractivity contribution >= 4 is 17.3 Å². The van der Waals surface area contributed by atoms with Crippen molar-refractivity contribution in [2.24, 2.45) is 0 Å². The Kier molecular flexibility index (Phi) is 4.20. The first-order valence-corrected chi connectivity index (χ1v) is 6.40. The molecule has 0 radical (unpaired) electrons. The predicted octanol–water partition coefficient (Wildman–Crippen LogP) is 2.97. The molecular weight excluding hydrogens is 250 g/mol. The number of benzene rings is 1. The lowest BCUT2D eigenvalue weighted by Gasteiger charge is -2.11. The molecule has 0 atom stereocenters. The topological polar surface area (TPSA) is 42.2 Å². The summed E-state index contributed by atoms with van der Waals surface area (Å²) in [6, 6.07) is 8.01. The molecule has 18 heavy (non-hydrogen) atoms. The minimum absolute atomic E-state index is 0.560. The van der Waals surface area contributed by atoms with Crippen LogP contribution in [0.25, 0.3) is 11.5 Å². The van der Waals surface area contributed by atoms with E-state index in [0.29, 0.717) is 17.7 Å². The van der Waals surface area contributed by atoms with E-state index in [2.05, 4.69) is 10.2 Å². The van der Waals surface area contributed by atoms with E-state index < -0.39 is 0 Å². The lowest BCUT2D eigenvalue weighted by molar-refractivity contribution is 0.502. The van der Waals surface area contributed by atoms with Crippen LogP contribution in [-0.2, 0) is 6.42 Å². The maximum atomic E-state index is 5.63. The van der Waals surface area contributed by atoms with E-state index in [0.717, 1.165) is 24.1 Å². The van der Waals surface area contributed by atoms with Crippen molar-refractivity contribution in [1.82, 2.24) is 10.2 Å². The molecule has 2 aromatic rings. The second-order valence-corrected chi connectivity index (χ2v) is 4.61.